The zero-order chi connectivity index (χ0) is 22.7. The number of carbonyl (C=O) groups is 1. The van der Waals surface area contributed by atoms with Crippen LogP contribution >= 0.6 is 0 Å². The Morgan fingerprint density at radius 2 is 1.72 bits per heavy atom. The average Bonchev–Trinajstić information content (AvgIpc) is 3.58. The molecule has 0 bridgehead atoms. The number of nitrogens with one attached hydrogen (secondary N) is 2. The largest absolute Gasteiger partial charge is 0.348 e. The highest BCUT2D eigenvalue weighted by molar-refractivity contribution is 7.89. The van der Waals surface area contributed by atoms with Gasteiger partial charge in [0.15, 0.2) is 0 Å². The first-order chi connectivity index (χ1) is 15.3. The van der Waals surface area contributed by atoms with E-state index in [2.05, 4.69) is 34.0 Å². The quantitative estimate of drug-likeness (QED) is 0.638. The van der Waals surface area contributed by atoms with Crippen LogP contribution in [0.3, 0.4) is 0 Å². The lowest BCUT2D eigenvalue weighted by Gasteiger charge is -2.30. The Bertz CT molecular complexity index is 1070. The van der Waals surface area contributed by atoms with Crippen molar-refractivity contribution in [3.05, 3.63) is 64.7 Å². The van der Waals surface area contributed by atoms with Gasteiger partial charge in [-0.3, -0.25) is 9.69 Å². The van der Waals surface area contributed by atoms with Crippen LogP contribution in [0.25, 0.3) is 0 Å². The minimum absolute atomic E-state index is 0.0261. The lowest BCUT2D eigenvalue weighted by atomic mass is 9.98. The number of benzene rings is 2. The van der Waals surface area contributed by atoms with E-state index in [0.29, 0.717) is 12.1 Å². The number of hydrogen-bond acceptors (Lipinski definition) is 4. The second-order valence-corrected chi connectivity index (χ2v) is 11.0. The van der Waals surface area contributed by atoms with Gasteiger partial charge in [-0.1, -0.05) is 37.3 Å². The van der Waals surface area contributed by atoms with E-state index in [-0.39, 0.29) is 16.8 Å². The molecule has 0 atom stereocenters. The van der Waals surface area contributed by atoms with Gasteiger partial charge in [-0.25, -0.2) is 13.1 Å². The van der Waals surface area contributed by atoms with Crippen LogP contribution in [0.1, 0.15) is 59.7 Å². The van der Waals surface area contributed by atoms with Gasteiger partial charge in [-0.05, 0) is 80.4 Å². The molecule has 2 aromatic carbocycles. The first-order valence-electron chi connectivity index (χ1n) is 11.5. The predicted octanol–water partition coefficient (Wildman–Crippen LogP) is 3.60. The van der Waals surface area contributed by atoms with E-state index in [9.17, 15) is 13.2 Å². The lowest BCUT2D eigenvalue weighted by Crippen LogP contribution is -2.33. The molecule has 4 rings (SSSR count). The standard InChI is InChI=1S/C25H33N3O3S/c1-18-11-13-28(14-12-18)17-21-6-4-3-5-20(21)16-26-25(29)24-15-23(10-7-19(24)2)32(30,31)27-22-8-9-22/h3-7,10,15,18,22,27H,8-9,11-14,16-17H2,1-2H3,(H,26,29). The minimum atomic E-state index is -3.60. The highest BCUT2D eigenvalue weighted by atomic mass is 32.2. The number of aryl methyl sites for hydroxylation is 1. The summed E-state index contributed by atoms with van der Waals surface area (Å²) in [5, 5.41) is 3.00. The van der Waals surface area contributed by atoms with E-state index in [1.165, 1.54) is 24.5 Å². The minimum Gasteiger partial charge on any atom is -0.348 e. The van der Waals surface area contributed by atoms with Crippen LogP contribution in [0.5, 0.6) is 0 Å². The van der Waals surface area contributed by atoms with Crippen molar-refractivity contribution in [2.75, 3.05) is 13.1 Å². The third kappa shape index (κ3) is 5.77. The smallest absolute Gasteiger partial charge is 0.251 e. The summed E-state index contributed by atoms with van der Waals surface area (Å²) in [6.45, 7) is 7.65. The molecule has 1 saturated heterocycles. The Hall–Kier alpha value is -2.22. The molecule has 1 heterocycles. The number of amides is 1. The number of nitrogens with zero attached hydrogens (tertiary/aromatic N) is 1. The SMILES string of the molecule is Cc1ccc(S(=O)(=O)NC2CC2)cc1C(=O)NCc1ccccc1CN1CCC(C)CC1. The van der Waals surface area contributed by atoms with Crippen molar-refractivity contribution in [3.8, 4) is 0 Å². The third-order valence-corrected chi connectivity index (χ3v) is 8.01. The molecular weight excluding hydrogens is 422 g/mol. The van der Waals surface area contributed by atoms with Crippen molar-refractivity contribution in [1.29, 1.82) is 0 Å². The van der Waals surface area contributed by atoms with Crippen molar-refractivity contribution in [2.24, 2.45) is 5.92 Å². The Morgan fingerprint density at radius 3 is 2.41 bits per heavy atom. The molecule has 2 fully saturated rings. The number of hydrogen-bond donors (Lipinski definition) is 2. The van der Waals surface area contributed by atoms with Crippen molar-refractivity contribution in [3.63, 3.8) is 0 Å². The fourth-order valence-corrected chi connectivity index (χ4v) is 5.45. The van der Waals surface area contributed by atoms with Gasteiger partial charge in [0.05, 0.1) is 4.90 Å². The van der Waals surface area contributed by atoms with Crippen LogP contribution in [0.2, 0.25) is 0 Å². The Morgan fingerprint density at radius 1 is 1.03 bits per heavy atom. The molecule has 1 saturated carbocycles. The van der Waals surface area contributed by atoms with Gasteiger partial charge in [0.2, 0.25) is 10.0 Å². The first kappa shape index (κ1) is 23.0. The first-order valence-corrected chi connectivity index (χ1v) is 13.0. The van der Waals surface area contributed by atoms with E-state index in [4.69, 9.17) is 0 Å². The van der Waals surface area contributed by atoms with Crippen molar-refractivity contribution in [2.45, 2.75) is 63.6 Å². The molecule has 2 aromatic rings. The topological polar surface area (TPSA) is 78.5 Å². The molecule has 7 heteroatoms. The molecular formula is C25H33N3O3S. The number of sulfonamides is 1. The Kier molecular flexibility index (Phi) is 6.98. The second-order valence-electron chi connectivity index (χ2n) is 9.28. The van der Waals surface area contributed by atoms with Gasteiger partial charge >= 0.3 is 0 Å². The molecule has 1 amide bonds. The van der Waals surface area contributed by atoms with Gasteiger partial charge in [0, 0.05) is 24.7 Å². The Labute approximate surface area is 191 Å². The van der Waals surface area contributed by atoms with E-state index >= 15 is 0 Å². The van der Waals surface area contributed by atoms with Crippen molar-refractivity contribution < 1.29 is 13.2 Å². The van der Waals surface area contributed by atoms with Crippen LogP contribution in [-0.4, -0.2) is 38.4 Å². The second kappa shape index (κ2) is 9.73. The van der Waals surface area contributed by atoms with Gasteiger partial charge in [-0.2, -0.15) is 0 Å². The van der Waals surface area contributed by atoms with E-state index in [1.54, 1.807) is 12.1 Å². The van der Waals surface area contributed by atoms with Gasteiger partial charge < -0.3 is 5.32 Å². The summed E-state index contributed by atoms with van der Waals surface area (Å²) in [7, 11) is -3.60. The van der Waals surface area contributed by atoms with Crippen LogP contribution in [-0.2, 0) is 23.1 Å². The van der Waals surface area contributed by atoms with Crippen LogP contribution in [0.15, 0.2) is 47.4 Å². The molecule has 1 aliphatic heterocycles. The fourth-order valence-electron chi connectivity index (χ4n) is 4.12. The molecule has 1 aliphatic carbocycles. The third-order valence-electron chi connectivity index (χ3n) is 6.49. The summed E-state index contributed by atoms with van der Waals surface area (Å²) in [4.78, 5) is 15.6. The van der Waals surface area contributed by atoms with Gasteiger partial charge in [0.25, 0.3) is 5.91 Å². The molecule has 2 N–H and O–H groups in total. The van der Waals surface area contributed by atoms with Crippen LogP contribution < -0.4 is 10.0 Å². The monoisotopic (exact) mass is 455 g/mol. The molecule has 172 valence electrons. The maximum atomic E-state index is 13.0. The molecule has 0 unspecified atom stereocenters. The highest BCUT2D eigenvalue weighted by Crippen LogP contribution is 2.24. The summed E-state index contributed by atoms with van der Waals surface area (Å²) < 4.78 is 27.8. The van der Waals surface area contributed by atoms with E-state index in [1.807, 2.05) is 19.1 Å². The number of likely N-dealkylation sites (tertiary alicyclic amines) is 1. The van der Waals surface area contributed by atoms with Crippen LogP contribution in [0.4, 0.5) is 0 Å². The molecule has 0 aromatic heterocycles. The summed E-state index contributed by atoms with van der Waals surface area (Å²) in [5.41, 5.74) is 3.47. The van der Waals surface area contributed by atoms with Crippen molar-refractivity contribution in [1.82, 2.24) is 14.9 Å². The molecule has 0 radical (unpaired) electrons. The predicted molar refractivity (Wildman–Crippen MR) is 126 cm³/mol. The normalized spacial score (nSPS) is 17.9. The Balaban J connectivity index is 1.43. The number of piperidine rings is 1. The van der Waals surface area contributed by atoms with E-state index < -0.39 is 10.0 Å². The number of rotatable bonds is 8. The summed E-state index contributed by atoms with van der Waals surface area (Å²) in [6.07, 6.45) is 4.20. The molecule has 2 aliphatic rings. The van der Waals surface area contributed by atoms with Gasteiger partial charge in [-0.15, -0.1) is 0 Å². The molecule has 32 heavy (non-hydrogen) atoms. The molecule has 6 nitrogen and oxygen atoms in total. The maximum absolute atomic E-state index is 13.0. The average molecular weight is 456 g/mol. The van der Waals surface area contributed by atoms with Gasteiger partial charge in [0.1, 0.15) is 0 Å². The summed E-state index contributed by atoms with van der Waals surface area (Å²) in [6, 6.07) is 13.0. The zero-order valence-corrected chi connectivity index (χ0v) is 19.7. The lowest BCUT2D eigenvalue weighted by molar-refractivity contribution is 0.0950. The number of carbonyl (C=O) groups excluding carboxylic acids is 1. The summed E-state index contributed by atoms with van der Waals surface area (Å²) >= 11 is 0. The maximum Gasteiger partial charge on any atom is 0.251 e. The highest BCUT2D eigenvalue weighted by Gasteiger charge is 2.28. The summed E-state index contributed by atoms with van der Waals surface area (Å²) in [5.74, 6) is 0.538. The van der Waals surface area contributed by atoms with Crippen LogP contribution in [0, 0.1) is 12.8 Å². The zero-order valence-electron chi connectivity index (χ0n) is 18.9. The van der Waals surface area contributed by atoms with Crippen molar-refractivity contribution >= 4 is 15.9 Å². The fraction of sp³-hybridized carbons (Fsp3) is 0.480. The van der Waals surface area contributed by atoms with E-state index in [0.717, 1.165) is 49.5 Å². The molecule has 0 spiro atoms.